The summed E-state index contributed by atoms with van der Waals surface area (Å²) in [5.41, 5.74) is 7.13. The van der Waals surface area contributed by atoms with E-state index in [0.29, 0.717) is 11.3 Å². The number of hydrogen-bond acceptors (Lipinski definition) is 3. The summed E-state index contributed by atoms with van der Waals surface area (Å²) in [5.74, 6) is -0.0985. The van der Waals surface area contributed by atoms with E-state index >= 15 is 0 Å². The molecule has 5 nitrogen and oxygen atoms in total. The fourth-order valence-electron chi connectivity index (χ4n) is 2.14. The van der Waals surface area contributed by atoms with Gasteiger partial charge in [0.05, 0.1) is 0 Å². The summed E-state index contributed by atoms with van der Waals surface area (Å²) in [7, 11) is 0. The van der Waals surface area contributed by atoms with Gasteiger partial charge in [0.25, 0.3) is 11.8 Å². The lowest BCUT2D eigenvalue weighted by Gasteiger charge is -2.11. The number of carbonyl (C=O) groups is 2. The number of hydrogen-bond donors (Lipinski definition) is 2. The summed E-state index contributed by atoms with van der Waals surface area (Å²) in [4.78, 5) is 23.8. The average Bonchev–Trinajstić information content (AvgIpc) is 2.58. The summed E-state index contributed by atoms with van der Waals surface area (Å²) in [6.07, 6.45) is 0.821. The lowest BCUT2D eigenvalue weighted by molar-refractivity contribution is -0.123. The van der Waals surface area contributed by atoms with Crippen LogP contribution in [0.3, 0.4) is 0 Å². The Kier molecular flexibility index (Phi) is 5.74. The zero-order valence-electron chi connectivity index (χ0n) is 13.3. The Hall–Kier alpha value is -2.82. The Morgan fingerprint density at radius 3 is 2.43 bits per heavy atom. The number of carbonyl (C=O) groups excluding carboxylic acids is 2. The molecule has 2 rings (SSSR count). The first-order chi connectivity index (χ1) is 11.1. The monoisotopic (exact) mass is 312 g/mol. The zero-order chi connectivity index (χ0) is 16.7. The lowest BCUT2D eigenvalue weighted by Crippen LogP contribution is -2.44. The third kappa shape index (κ3) is 4.57. The van der Waals surface area contributed by atoms with Crippen LogP contribution >= 0.6 is 0 Å². The minimum atomic E-state index is -0.419. The van der Waals surface area contributed by atoms with Crippen LogP contribution in [0.1, 0.15) is 28.4 Å². The van der Waals surface area contributed by atoms with E-state index in [9.17, 15) is 9.59 Å². The highest BCUT2D eigenvalue weighted by Gasteiger charge is 2.10. The van der Waals surface area contributed by atoms with Crippen molar-refractivity contribution in [2.24, 2.45) is 0 Å². The molecule has 2 amide bonds. The van der Waals surface area contributed by atoms with Crippen molar-refractivity contribution in [3.63, 3.8) is 0 Å². The predicted octanol–water partition coefficient (Wildman–Crippen LogP) is 2.40. The van der Waals surface area contributed by atoms with Crippen LogP contribution in [0.2, 0.25) is 0 Å². The second kappa shape index (κ2) is 7.98. The Bertz CT molecular complexity index is 698. The van der Waals surface area contributed by atoms with E-state index in [-0.39, 0.29) is 12.5 Å². The van der Waals surface area contributed by atoms with E-state index in [1.807, 2.05) is 50.2 Å². The molecule has 2 aromatic carbocycles. The fraction of sp³-hybridized carbons (Fsp3) is 0.222. The maximum Gasteiger partial charge on any atom is 0.276 e. The van der Waals surface area contributed by atoms with Crippen molar-refractivity contribution >= 4 is 11.8 Å². The third-order valence-electron chi connectivity index (χ3n) is 3.42. The number of benzene rings is 2. The molecule has 0 atom stereocenters. The largest absolute Gasteiger partial charge is 0.483 e. The summed E-state index contributed by atoms with van der Waals surface area (Å²) in [5, 5.41) is 0. The highest BCUT2D eigenvalue weighted by Crippen LogP contribution is 2.17. The van der Waals surface area contributed by atoms with E-state index in [2.05, 4.69) is 10.9 Å². The van der Waals surface area contributed by atoms with Gasteiger partial charge in [0.1, 0.15) is 5.75 Å². The summed E-state index contributed by atoms with van der Waals surface area (Å²) >= 11 is 0. The molecule has 0 aromatic heterocycles. The van der Waals surface area contributed by atoms with E-state index in [1.54, 1.807) is 12.1 Å². The number of amides is 2. The van der Waals surface area contributed by atoms with Gasteiger partial charge in [-0.05, 0) is 36.6 Å². The smallest absolute Gasteiger partial charge is 0.276 e. The highest BCUT2D eigenvalue weighted by molar-refractivity contribution is 5.96. The SMILES string of the molecule is CCc1ccccc1OCC(=O)NNC(=O)c1ccccc1C. The molecule has 120 valence electrons. The number of nitrogens with one attached hydrogen (secondary N) is 2. The van der Waals surface area contributed by atoms with Crippen molar-refractivity contribution in [2.45, 2.75) is 20.3 Å². The molecule has 5 heteroatoms. The molecule has 0 fully saturated rings. The number of ether oxygens (including phenoxy) is 1. The van der Waals surface area contributed by atoms with E-state index in [1.165, 1.54) is 0 Å². The van der Waals surface area contributed by atoms with Crippen LogP contribution in [-0.2, 0) is 11.2 Å². The minimum absolute atomic E-state index is 0.162. The van der Waals surface area contributed by atoms with Crippen molar-refractivity contribution in [3.05, 3.63) is 65.2 Å². The molecular formula is C18H20N2O3. The number of para-hydroxylation sites is 1. The Morgan fingerprint density at radius 1 is 1.00 bits per heavy atom. The van der Waals surface area contributed by atoms with Gasteiger partial charge in [0, 0.05) is 5.56 Å². The Labute approximate surface area is 135 Å². The average molecular weight is 312 g/mol. The van der Waals surface area contributed by atoms with Gasteiger partial charge in [0.2, 0.25) is 0 Å². The molecule has 0 saturated carbocycles. The van der Waals surface area contributed by atoms with Crippen LogP contribution in [0.5, 0.6) is 5.75 Å². The van der Waals surface area contributed by atoms with E-state index in [4.69, 9.17) is 4.74 Å². The highest BCUT2D eigenvalue weighted by atomic mass is 16.5. The molecule has 0 heterocycles. The molecule has 0 aliphatic rings. The first-order valence-corrected chi connectivity index (χ1v) is 7.47. The van der Waals surface area contributed by atoms with Gasteiger partial charge >= 0.3 is 0 Å². The first-order valence-electron chi connectivity index (χ1n) is 7.47. The summed E-state index contributed by atoms with van der Waals surface area (Å²) in [6.45, 7) is 3.69. The molecule has 0 aliphatic heterocycles. The molecule has 0 bridgehead atoms. The van der Waals surface area contributed by atoms with Gasteiger partial charge in [0.15, 0.2) is 6.61 Å². The van der Waals surface area contributed by atoms with Crippen molar-refractivity contribution in [1.82, 2.24) is 10.9 Å². The molecule has 0 unspecified atom stereocenters. The van der Waals surface area contributed by atoms with Crippen molar-refractivity contribution in [3.8, 4) is 5.75 Å². The second-order valence-corrected chi connectivity index (χ2v) is 5.07. The van der Waals surface area contributed by atoms with Gasteiger partial charge in [-0.15, -0.1) is 0 Å². The van der Waals surface area contributed by atoms with Gasteiger partial charge in [-0.25, -0.2) is 0 Å². The zero-order valence-corrected chi connectivity index (χ0v) is 13.3. The molecule has 0 spiro atoms. The Morgan fingerprint density at radius 2 is 1.70 bits per heavy atom. The molecular weight excluding hydrogens is 292 g/mol. The molecule has 0 radical (unpaired) electrons. The lowest BCUT2D eigenvalue weighted by atomic mass is 10.1. The molecule has 2 N–H and O–H groups in total. The number of hydrazine groups is 1. The summed E-state index contributed by atoms with van der Waals surface area (Å²) < 4.78 is 5.49. The maximum atomic E-state index is 12.0. The van der Waals surface area contributed by atoms with Crippen LogP contribution in [0.25, 0.3) is 0 Å². The topological polar surface area (TPSA) is 67.4 Å². The predicted molar refractivity (Wildman–Crippen MR) is 88.1 cm³/mol. The van der Waals surface area contributed by atoms with E-state index in [0.717, 1.165) is 17.5 Å². The normalized spacial score (nSPS) is 10.0. The molecule has 23 heavy (non-hydrogen) atoms. The Balaban J connectivity index is 1.84. The van der Waals surface area contributed by atoms with Gasteiger partial charge < -0.3 is 4.74 Å². The van der Waals surface area contributed by atoms with Crippen LogP contribution in [0, 0.1) is 6.92 Å². The van der Waals surface area contributed by atoms with Crippen molar-refractivity contribution in [1.29, 1.82) is 0 Å². The minimum Gasteiger partial charge on any atom is -0.483 e. The second-order valence-electron chi connectivity index (χ2n) is 5.07. The molecule has 2 aromatic rings. The molecule has 0 aliphatic carbocycles. The van der Waals surface area contributed by atoms with Crippen LogP contribution in [-0.4, -0.2) is 18.4 Å². The van der Waals surface area contributed by atoms with Crippen molar-refractivity contribution < 1.29 is 14.3 Å². The first kappa shape index (κ1) is 16.5. The quantitative estimate of drug-likeness (QED) is 0.833. The summed E-state index contributed by atoms with van der Waals surface area (Å²) in [6, 6.07) is 14.7. The van der Waals surface area contributed by atoms with Crippen LogP contribution < -0.4 is 15.6 Å². The molecule has 0 saturated heterocycles. The van der Waals surface area contributed by atoms with Crippen molar-refractivity contribution in [2.75, 3.05) is 6.61 Å². The standard InChI is InChI=1S/C18H20N2O3/c1-3-14-9-5-7-11-16(14)23-12-17(21)19-20-18(22)15-10-6-4-8-13(15)2/h4-11H,3,12H2,1-2H3,(H,19,21)(H,20,22). The van der Waals surface area contributed by atoms with Gasteiger partial charge in [-0.3, -0.25) is 20.4 Å². The van der Waals surface area contributed by atoms with Crippen LogP contribution in [0.15, 0.2) is 48.5 Å². The van der Waals surface area contributed by atoms with Gasteiger partial charge in [-0.2, -0.15) is 0 Å². The number of aryl methyl sites for hydroxylation is 2. The third-order valence-corrected chi connectivity index (χ3v) is 3.42. The fourth-order valence-corrected chi connectivity index (χ4v) is 2.14. The van der Waals surface area contributed by atoms with Gasteiger partial charge in [-0.1, -0.05) is 43.3 Å². The maximum absolute atomic E-state index is 12.0. The number of rotatable bonds is 5. The van der Waals surface area contributed by atoms with E-state index < -0.39 is 5.91 Å². The van der Waals surface area contributed by atoms with Crippen LogP contribution in [0.4, 0.5) is 0 Å².